The summed E-state index contributed by atoms with van der Waals surface area (Å²) in [5, 5.41) is 2.68. The second-order valence-corrected chi connectivity index (χ2v) is 10.4. The van der Waals surface area contributed by atoms with Crippen LogP contribution < -0.4 is 0 Å². The van der Waals surface area contributed by atoms with Crippen molar-refractivity contribution in [1.29, 1.82) is 0 Å². The molecular formula is C33H20ClN3S. The fraction of sp³-hybridized carbons (Fsp3) is 0. The van der Waals surface area contributed by atoms with Crippen molar-refractivity contribution in [2.45, 2.75) is 0 Å². The maximum absolute atomic E-state index is 6.47. The minimum absolute atomic E-state index is 0.172. The van der Waals surface area contributed by atoms with Crippen molar-refractivity contribution in [1.82, 2.24) is 15.0 Å². The fourth-order valence-electron chi connectivity index (χ4n) is 4.95. The van der Waals surface area contributed by atoms with Crippen LogP contribution in [0.25, 0.3) is 65.2 Å². The molecule has 3 nitrogen and oxygen atoms in total. The van der Waals surface area contributed by atoms with Gasteiger partial charge in [0.2, 0.25) is 5.28 Å². The predicted octanol–water partition coefficient (Wildman–Crippen LogP) is 9.56. The Labute approximate surface area is 229 Å². The van der Waals surface area contributed by atoms with Gasteiger partial charge in [-0.1, -0.05) is 109 Å². The summed E-state index contributed by atoms with van der Waals surface area (Å²) in [7, 11) is 0. The lowest BCUT2D eigenvalue weighted by atomic mass is 9.95. The van der Waals surface area contributed by atoms with Gasteiger partial charge in [-0.2, -0.15) is 9.97 Å². The summed E-state index contributed by atoms with van der Waals surface area (Å²) in [6, 6.07) is 41.8. The Kier molecular flexibility index (Phi) is 5.69. The van der Waals surface area contributed by atoms with Crippen LogP contribution in [0.4, 0.5) is 0 Å². The van der Waals surface area contributed by atoms with E-state index in [1.165, 1.54) is 20.2 Å². The normalized spacial score (nSPS) is 11.3. The third-order valence-electron chi connectivity index (χ3n) is 6.72. The molecule has 0 saturated carbocycles. The van der Waals surface area contributed by atoms with Gasteiger partial charge in [-0.3, -0.25) is 0 Å². The van der Waals surface area contributed by atoms with Gasteiger partial charge in [-0.25, -0.2) is 4.98 Å². The van der Waals surface area contributed by atoms with Gasteiger partial charge in [-0.15, -0.1) is 11.3 Å². The van der Waals surface area contributed by atoms with Crippen molar-refractivity contribution < 1.29 is 0 Å². The first-order chi connectivity index (χ1) is 18.7. The lowest BCUT2D eigenvalue weighted by Crippen LogP contribution is -1.98. The van der Waals surface area contributed by atoms with Crippen LogP contribution >= 0.6 is 22.9 Å². The minimum Gasteiger partial charge on any atom is -0.208 e. The number of fused-ring (bicyclic) bond motifs is 3. The Morgan fingerprint density at radius 2 is 1.05 bits per heavy atom. The smallest absolute Gasteiger partial charge is 0.208 e. The molecule has 0 aliphatic rings. The molecule has 5 aromatic carbocycles. The third-order valence-corrected chi connectivity index (χ3v) is 8.02. The van der Waals surface area contributed by atoms with E-state index in [9.17, 15) is 0 Å². The van der Waals surface area contributed by atoms with E-state index < -0.39 is 0 Å². The molecule has 2 heterocycles. The van der Waals surface area contributed by atoms with E-state index in [1.807, 2.05) is 47.7 Å². The van der Waals surface area contributed by atoms with Crippen molar-refractivity contribution in [3.05, 3.63) is 127 Å². The van der Waals surface area contributed by atoms with Gasteiger partial charge >= 0.3 is 0 Å². The summed E-state index contributed by atoms with van der Waals surface area (Å²) >= 11 is 8.28. The number of hydrogen-bond acceptors (Lipinski definition) is 4. The molecule has 0 aliphatic heterocycles. The van der Waals surface area contributed by atoms with Gasteiger partial charge in [0.15, 0.2) is 11.6 Å². The zero-order valence-electron chi connectivity index (χ0n) is 20.2. The number of hydrogen-bond donors (Lipinski definition) is 0. The molecule has 2 aromatic heterocycles. The molecule has 7 aromatic rings. The van der Waals surface area contributed by atoms with Crippen molar-refractivity contribution in [2.75, 3.05) is 0 Å². The first kappa shape index (κ1) is 22.8. The van der Waals surface area contributed by atoms with Gasteiger partial charge in [0.1, 0.15) is 0 Å². The molecule has 0 spiro atoms. The molecule has 0 unspecified atom stereocenters. The summed E-state index contributed by atoms with van der Waals surface area (Å²) in [5.41, 5.74) is 6.32. The highest BCUT2D eigenvalue weighted by molar-refractivity contribution is 7.25. The molecule has 0 atom stereocenters. The van der Waals surface area contributed by atoms with E-state index in [1.54, 1.807) is 0 Å². The Bertz CT molecular complexity index is 1930. The summed E-state index contributed by atoms with van der Waals surface area (Å²) in [6.07, 6.45) is 0. The van der Waals surface area contributed by atoms with E-state index >= 15 is 0 Å². The van der Waals surface area contributed by atoms with Gasteiger partial charge in [0.05, 0.1) is 0 Å². The molecule has 0 saturated heterocycles. The highest BCUT2D eigenvalue weighted by Crippen LogP contribution is 2.42. The minimum atomic E-state index is 0.172. The zero-order valence-corrected chi connectivity index (χ0v) is 21.7. The summed E-state index contributed by atoms with van der Waals surface area (Å²) < 4.78 is 2.53. The van der Waals surface area contributed by atoms with Crippen LogP contribution in [0.5, 0.6) is 0 Å². The largest absolute Gasteiger partial charge is 0.226 e. The summed E-state index contributed by atoms with van der Waals surface area (Å²) in [6.45, 7) is 0. The Balaban J connectivity index is 1.36. The maximum atomic E-state index is 6.47. The highest BCUT2D eigenvalue weighted by atomic mass is 35.5. The zero-order chi connectivity index (χ0) is 25.5. The number of nitrogens with zero attached hydrogens (tertiary/aromatic N) is 3. The van der Waals surface area contributed by atoms with Crippen LogP contribution in [-0.4, -0.2) is 15.0 Å². The van der Waals surface area contributed by atoms with Crippen LogP contribution in [0.15, 0.2) is 121 Å². The summed E-state index contributed by atoms with van der Waals surface area (Å²) in [5.74, 6) is 1.10. The molecular weight excluding hydrogens is 506 g/mol. The molecule has 5 heteroatoms. The number of halogens is 1. The lowest BCUT2D eigenvalue weighted by Gasteiger charge is -2.12. The second-order valence-electron chi connectivity index (χ2n) is 9.02. The van der Waals surface area contributed by atoms with Crippen LogP contribution in [0, 0.1) is 0 Å². The van der Waals surface area contributed by atoms with Crippen molar-refractivity contribution in [2.24, 2.45) is 0 Å². The molecule has 180 valence electrons. The standard InChI is InChI=1S/C33H20ClN3S/c34-33-36-31(23-19-17-22(18-20-23)21-9-2-1-3-10-21)35-32(37-33)26-12-5-4-11-24(26)25-14-8-16-29-30(25)27-13-6-7-15-28(27)38-29/h1-20H. The number of aromatic nitrogens is 3. The molecule has 0 aliphatic carbocycles. The highest BCUT2D eigenvalue weighted by Gasteiger charge is 2.17. The van der Waals surface area contributed by atoms with Crippen molar-refractivity contribution in [3.8, 4) is 45.0 Å². The molecule has 0 N–H and O–H groups in total. The summed E-state index contributed by atoms with van der Waals surface area (Å²) in [4.78, 5) is 13.9. The topological polar surface area (TPSA) is 38.7 Å². The van der Waals surface area contributed by atoms with E-state index in [2.05, 4.69) is 94.9 Å². The third kappa shape index (κ3) is 4.04. The monoisotopic (exact) mass is 525 g/mol. The fourth-order valence-corrected chi connectivity index (χ4v) is 6.25. The maximum Gasteiger partial charge on any atom is 0.226 e. The van der Waals surface area contributed by atoms with Gasteiger partial charge < -0.3 is 0 Å². The van der Waals surface area contributed by atoms with Crippen molar-refractivity contribution in [3.63, 3.8) is 0 Å². The van der Waals surface area contributed by atoms with Gasteiger partial charge in [0.25, 0.3) is 0 Å². The first-order valence-corrected chi connectivity index (χ1v) is 13.5. The molecule has 7 rings (SSSR count). The molecule has 0 bridgehead atoms. The van der Waals surface area contributed by atoms with E-state index in [-0.39, 0.29) is 5.28 Å². The second kappa shape index (κ2) is 9.49. The van der Waals surface area contributed by atoms with E-state index in [0.29, 0.717) is 11.6 Å². The Morgan fingerprint density at radius 1 is 0.447 bits per heavy atom. The van der Waals surface area contributed by atoms with Gasteiger partial charge in [-0.05, 0) is 46.0 Å². The van der Waals surface area contributed by atoms with Gasteiger partial charge in [0, 0.05) is 31.3 Å². The predicted molar refractivity (Wildman–Crippen MR) is 159 cm³/mol. The van der Waals surface area contributed by atoms with Crippen molar-refractivity contribution >= 4 is 43.1 Å². The SMILES string of the molecule is Clc1nc(-c2ccc(-c3ccccc3)cc2)nc(-c2ccccc2-c2cccc3sc4ccccc4c23)n1. The average Bonchev–Trinajstić information content (AvgIpc) is 3.36. The molecule has 0 fully saturated rings. The Hall–Kier alpha value is -4.38. The lowest BCUT2D eigenvalue weighted by molar-refractivity contribution is 1.07. The first-order valence-electron chi connectivity index (χ1n) is 12.3. The van der Waals surface area contributed by atoms with Crippen LogP contribution in [0.1, 0.15) is 0 Å². The van der Waals surface area contributed by atoms with Crippen LogP contribution in [0.2, 0.25) is 5.28 Å². The van der Waals surface area contributed by atoms with Crippen LogP contribution in [0.3, 0.4) is 0 Å². The van der Waals surface area contributed by atoms with E-state index in [0.717, 1.165) is 33.4 Å². The van der Waals surface area contributed by atoms with Crippen LogP contribution in [-0.2, 0) is 0 Å². The average molecular weight is 526 g/mol. The molecule has 0 radical (unpaired) electrons. The number of benzene rings is 5. The molecule has 38 heavy (non-hydrogen) atoms. The molecule has 0 amide bonds. The van der Waals surface area contributed by atoms with E-state index in [4.69, 9.17) is 16.6 Å². The number of thiophene rings is 1. The number of rotatable bonds is 4. The quantitative estimate of drug-likeness (QED) is 0.229. The Morgan fingerprint density at radius 3 is 1.89 bits per heavy atom.